The van der Waals surface area contributed by atoms with E-state index in [1.54, 1.807) is 13.2 Å². The minimum Gasteiger partial charge on any atom is -0.496 e. The van der Waals surface area contributed by atoms with Crippen molar-refractivity contribution in [1.29, 1.82) is 0 Å². The lowest BCUT2D eigenvalue weighted by atomic mass is 10.0. The first-order valence-electron chi connectivity index (χ1n) is 10.2. The summed E-state index contributed by atoms with van der Waals surface area (Å²) in [7, 11) is 0. The maximum Gasteiger partial charge on any atom is 0.219 e. The van der Waals surface area contributed by atoms with Crippen molar-refractivity contribution < 1.29 is 14.3 Å². The average molecular weight is 473 g/mol. The van der Waals surface area contributed by atoms with Crippen molar-refractivity contribution in [3.8, 4) is 11.1 Å². The lowest BCUT2D eigenvalue weighted by molar-refractivity contribution is -0.108. The van der Waals surface area contributed by atoms with Gasteiger partial charge in [-0.05, 0) is 94.7 Å². The van der Waals surface area contributed by atoms with E-state index in [1.165, 1.54) is 29.6 Å². The Labute approximate surface area is 203 Å². The molecule has 0 radical (unpaired) electrons. The molecule has 0 heterocycles. The van der Waals surface area contributed by atoms with Crippen LogP contribution in [0.1, 0.15) is 18.1 Å². The number of thioether (sulfide) groups is 2. The van der Waals surface area contributed by atoms with Crippen LogP contribution in [0.15, 0.2) is 114 Å². The second-order valence-electron chi connectivity index (χ2n) is 7.20. The molecule has 0 bridgehead atoms. The molecule has 0 unspecified atom stereocenters. The van der Waals surface area contributed by atoms with Crippen LogP contribution in [0.25, 0.3) is 17.2 Å². The zero-order chi connectivity index (χ0) is 23.6. The lowest BCUT2D eigenvalue weighted by Gasteiger charge is -2.05. The molecule has 3 nitrogen and oxygen atoms in total. The van der Waals surface area contributed by atoms with Crippen molar-refractivity contribution in [2.75, 3.05) is 0 Å². The maximum atomic E-state index is 11.7. The highest BCUT2D eigenvalue weighted by Crippen LogP contribution is 2.25. The van der Waals surface area contributed by atoms with E-state index in [1.807, 2.05) is 66.7 Å². The van der Waals surface area contributed by atoms with E-state index in [4.69, 9.17) is 4.74 Å². The summed E-state index contributed by atoms with van der Waals surface area (Å²) >= 11 is 2.34. The second-order valence-corrected chi connectivity index (χ2v) is 9.32. The molecule has 0 N–H and O–H groups in total. The van der Waals surface area contributed by atoms with Gasteiger partial charge in [-0.15, -0.1) is 0 Å². The van der Waals surface area contributed by atoms with E-state index < -0.39 is 0 Å². The number of hydrogen-bond donors (Lipinski definition) is 0. The number of hydrogen-bond acceptors (Lipinski definition) is 5. The minimum atomic E-state index is -0.0628. The molecule has 166 valence electrons. The third-order valence-corrected chi connectivity index (χ3v) is 6.49. The molecule has 3 rings (SSSR count). The molecule has 0 saturated heterocycles. The molecule has 0 fully saturated rings. The molecule has 0 spiro atoms. The van der Waals surface area contributed by atoms with Gasteiger partial charge < -0.3 is 4.74 Å². The van der Waals surface area contributed by atoms with E-state index in [2.05, 4.69) is 25.3 Å². The molecule has 0 aliphatic heterocycles. The molecule has 0 saturated carbocycles. The third kappa shape index (κ3) is 7.67. The Hall–Kier alpha value is -3.28. The molecule has 0 aromatic heterocycles. The van der Waals surface area contributed by atoms with Gasteiger partial charge in [0.2, 0.25) is 10.2 Å². The Morgan fingerprint density at radius 2 is 1.39 bits per heavy atom. The highest BCUT2D eigenvalue weighted by molar-refractivity contribution is 8.14. The van der Waals surface area contributed by atoms with Gasteiger partial charge in [0.15, 0.2) is 0 Å². The predicted octanol–water partition coefficient (Wildman–Crippen LogP) is 7.54. The summed E-state index contributed by atoms with van der Waals surface area (Å²) in [5.74, 6) is 0. The van der Waals surface area contributed by atoms with Crippen LogP contribution in [0.4, 0.5) is 0 Å². The maximum absolute atomic E-state index is 11.7. The number of carbonyl (C=O) groups excluding carboxylic acids is 2. The van der Waals surface area contributed by atoms with E-state index in [-0.39, 0.29) is 10.2 Å². The number of carbonyl (C=O) groups is 2. The van der Waals surface area contributed by atoms with Crippen molar-refractivity contribution in [2.24, 2.45) is 0 Å². The van der Waals surface area contributed by atoms with Crippen LogP contribution < -0.4 is 0 Å². The smallest absolute Gasteiger partial charge is 0.219 e. The van der Waals surface area contributed by atoms with Crippen molar-refractivity contribution in [2.45, 2.75) is 23.3 Å². The summed E-state index contributed by atoms with van der Waals surface area (Å²) in [6.45, 7) is 9.32. The van der Waals surface area contributed by atoms with Crippen LogP contribution in [-0.2, 0) is 20.9 Å². The van der Waals surface area contributed by atoms with Gasteiger partial charge in [-0.3, -0.25) is 9.59 Å². The topological polar surface area (TPSA) is 43.4 Å². The van der Waals surface area contributed by atoms with Gasteiger partial charge in [0.05, 0.1) is 6.26 Å². The molecule has 3 aromatic carbocycles. The van der Waals surface area contributed by atoms with E-state index in [0.717, 1.165) is 32.0 Å². The highest BCUT2D eigenvalue weighted by atomic mass is 32.2. The van der Waals surface area contributed by atoms with Gasteiger partial charge in [-0.2, -0.15) is 0 Å². The van der Waals surface area contributed by atoms with Crippen LogP contribution in [0.3, 0.4) is 0 Å². The normalized spacial score (nSPS) is 10.7. The first-order chi connectivity index (χ1) is 15.9. The summed E-state index contributed by atoms with van der Waals surface area (Å²) in [6, 6.07) is 23.8. The highest BCUT2D eigenvalue weighted by Gasteiger charge is 2.05. The van der Waals surface area contributed by atoms with Crippen molar-refractivity contribution in [1.82, 2.24) is 0 Å². The summed E-state index contributed by atoms with van der Waals surface area (Å²) in [6.07, 6.45) is 4.92. The molecule has 0 aliphatic rings. The van der Waals surface area contributed by atoms with Gasteiger partial charge in [0, 0.05) is 9.79 Å². The van der Waals surface area contributed by atoms with Crippen LogP contribution in [0, 0.1) is 0 Å². The minimum absolute atomic E-state index is 0.0241. The Morgan fingerprint density at radius 3 is 1.97 bits per heavy atom. The van der Waals surface area contributed by atoms with Gasteiger partial charge in [-0.25, -0.2) is 0 Å². The van der Waals surface area contributed by atoms with E-state index >= 15 is 0 Å². The molecule has 3 aromatic rings. The SMILES string of the molecule is C=CC(=O)Sc1ccc(-c2ccc(C=COCc3ccc(SC(=O)C(=C)C)cc3)cc2)cc1. The first-order valence-corrected chi connectivity index (χ1v) is 11.9. The average Bonchev–Trinajstić information content (AvgIpc) is 2.83. The van der Waals surface area contributed by atoms with Crippen LogP contribution in [-0.4, -0.2) is 10.2 Å². The zero-order valence-corrected chi connectivity index (χ0v) is 20.0. The number of benzene rings is 3. The van der Waals surface area contributed by atoms with Crippen molar-refractivity contribution in [3.05, 3.63) is 115 Å². The molecule has 5 heteroatoms. The summed E-state index contributed by atoms with van der Waals surface area (Å²) in [4.78, 5) is 24.9. The Kier molecular flexibility index (Phi) is 8.93. The van der Waals surface area contributed by atoms with Crippen molar-refractivity contribution in [3.63, 3.8) is 0 Å². The molecular weight excluding hydrogens is 448 g/mol. The number of rotatable bonds is 9. The lowest BCUT2D eigenvalue weighted by Crippen LogP contribution is -1.91. The Morgan fingerprint density at radius 1 is 0.848 bits per heavy atom. The van der Waals surface area contributed by atoms with Gasteiger partial charge in [0.25, 0.3) is 0 Å². The summed E-state index contributed by atoms with van der Waals surface area (Å²) in [5.41, 5.74) is 4.79. The molecular formula is C28H24O3S2. The van der Waals surface area contributed by atoms with E-state index in [9.17, 15) is 9.59 Å². The van der Waals surface area contributed by atoms with Crippen LogP contribution in [0.2, 0.25) is 0 Å². The predicted molar refractivity (Wildman–Crippen MR) is 139 cm³/mol. The fourth-order valence-corrected chi connectivity index (χ4v) is 4.03. The van der Waals surface area contributed by atoms with Crippen LogP contribution in [0.5, 0.6) is 0 Å². The van der Waals surface area contributed by atoms with Crippen LogP contribution >= 0.6 is 23.5 Å². The number of ether oxygens (including phenoxy) is 1. The Balaban J connectivity index is 1.50. The van der Waals surface area contributed by atoms with Gasteiger partial charge in [-0.1, -0.05) is 61.7 Å². The zero-order valence-electron chi connectivity index (χ0n) is 18.3. The molecule has 0 amide bonds. The monoisotopic (exact) mass is 472 g/mol. The first kappa shape index (κ1) is 24.4. The Bertz CT molecular complexity index is 1160. The molecule has 0 aliphatic carbocycles. The standard InChI is InChI=1S/C28H24O3S2/c1-4-27(29)32-25-15-11-24(12-16-25)23-9-5-21(6-10-23)17-18-31-19-22-7-13-26(14-8-22)33-28(30)20(2)3/h4-18H,1-2,19H2,3H3. The second kappa shape index (κ2) is 12.1. The summed E-state index contributed by atoms with van der Waals surface area (Å²) in [5, 5.41) is -0.0869. The molecule has 0 atom stereocenters. The fourth-order valence-electron chi connectivity index (χ4n) is 2.78. The third-order valence-electron chi connectivity index (χ3n) is 4.57. The largest absolute Gasteiger partial charge is 0.496 e. The van der Waals surface area contributed by atoms with Gasteiger partial charge in [0.1, 0.15) is 6.61 Å². The van der Waals surface area contributed by atoms with Gasteiger partial charge >= 0.3 is 0 Å². The molecule has 33 heavy (non-hydrogen) atoms. The van der Waals surface area contributed by atoms with E-state index in [0.29, 0.717) is 12.2 Å². The van der Waals surface area contributed by atoms with Crippen molar-refractivity contribution >= 4 is 39.8 Å². The summed E-state index contributed by atoms with van der Waals surface area (Å²) < 4.78 is 5.65. The quantitative estimate of drug-likeness (QED) is 0.183. The fraction of sp³-hybridized carbons (Fsp3) is 0.0714.